The van der Waals surface area contributed by atoms with Crippen LogP contribution in [0.3, 0.4) is 0 Å². The molecule has 3 aromatic rings. The molecule has 0 saturated carbocycles. The van der Waals surface area contributed by atoms with Crippen LogP contribution in [0.25, 0.3) is 0 Å². The largest absolute Gasteiger partial charge is 0.462 e. The quantitative estimate of drug-likeness (QED) is 0.592. The minimum atomic E-state index is -0.441. The smallest absolute Gasteiger partial charge is 0.340 e. The average Bonchev–Trinajstić information content (AvgIpc) is 2.74. The molecule has 1 heterocycles. The van der Waals surface area contributed by atoms with Gasteiger partial charge in [-0.05, 0) is 48.9 Å². The molecule has 2 aromatic carbocycles. The number of nitrogens with zero attached hydrogens (tertiary/aromatic N) is 1. The number of para-hydroxylation sites is 1. The van der Waals surface area contributed by atoms with E-state index in [1.807, 2.05) is 0 Å². The summed E-state index contributed by atoms with van der Waals surface area (Å²) < 4.78 is 18.0. The number of halogens is 1. The molecule has 0 unspecified atom stereocenters. The van der Waals surface area contributed by atoms with Crippen LogP contribution in [0, 0.1) is 5.82 Å². The van der Waals surface area contributed by atoms with Crippen molar-refractivity contribution in [1.29, 1.82) is 0 Å². The fraction of sp³-hybridized carbons (Fsp3) is 0.136. The third kappa shape index (κ3) is 5.38. The number of rotatable bonds is 7. The molecule has 0 aliphatic carbocycles. The summed E-state index contributed by atoms with van der Waals surface area (Å²) in [5.74, 6) is -0.647. The van der Waals surface area contributed by atoms with E-state index in [9.17, 15) is 14.0 Å². The van der Waals surface area contributed by atoms with E-state index in [1.165, 1.54) is 18.3 Å². The number of hydrogen-bond donors (Lipinski definition) is 2. The molecule has 0 aliphatic rings. The van der Waals surface area contributed by atoms with E-state index in [2.05, 4.69) is 15.6 Å². The number of hydrogen-bond acceptors (Lipinski definition) is 5. The highest BCUT2D eigenvalue weighted by atomic mass is 19.1. The first-order valence-electron chi connectivity index (χ1n) is 9.08. The minimum Gasteiger partial charge on any atom is -0.462 e. The molecule has 2 N–H and O–H groups in total. The summed E-state index contributed by atoms with van der Waals surface area (Å²) in [6, 6.07) is 16.0. The lowest BCUT2D eigenvalue weighted by atomic mass is 10.1. The number of amides is 1. The lowest BCUT2D eigenvalue weighted by Crippen LogP contribution is -2.23. The number of anilines is 2. The minimum absolute atomic E-state index is 0.273. The molecule has 0 radical (unpaired) electrons. The van der Waals surface area contributed by atoms with Gasteiger partial charge < -0.3 is 15.4 Å². The number of benzene rings is 2. The summed E-state index contributed by atoms with van der Waals surface area (Å²) in [5, 5.41) is 5.83. The first kappa shape index (κ1) is 20.0. The first-order chi connectivity index (χ1) is 14.1. The van der Waals surface area contributed by atoms with E-state index >= 15 is 0 Å². The number of ether oxygens (including phenoxy) is 1. The standard InChI is InChI=1S/C22H20FN3O3/c1-2-29-22(28)18-5-3-4-6-19(18)26-20-13-16(11-12-24-20)21(27)25-14-15-7-9-17(23)10-8-15/h3-13H,2,14H2,1H3,(H,24,26)(H,25,27). The van der Waals surface area contributed by atoms with Gasteiger partial charge in [-0.25, -0.2) is 14.2 Å². The highest BCUT2D eigenvalue weighted by molar-refractivity contribution is 5.97. The Bertz CT molecular complexity index is 1010. The lowest BCUT2D eigenvalue weighted by molar-refractivity contribution is 0.0527. The van der Waals surface area contributed by atoms with Gasteiger partial charge in [0.15, 0.2) is 0 Å². The van der Waals surface area contributed by atoms with Crippen molar-refractivity contribution in [3.05, 3.63) is 89.4 Å². The Labute approximate surface area is 167 Å². The normalized spacial score (nSPS) is 10.3. The Morgan fingerprint density at radius 2 is 1.83 bits per heavy atom. The molecule has 7 heteroatoms. The van der Waals surface area contributed by atoms with Crippen molar-refractivity contribution < 1.29 is 18.7 Å². The van der Waals surface area contributed by atoms with Crippen LogP contribution in [0.15, 0.2) is 66.9 Å². The van der Waals surface area contributed by atoms with Crippen molar-refractivity contribution in [3.63, 3.8) is 0 Å². The van der Waals surface area contributed by atoms with Crippen LogP contribution in [0.2, 0.25) is 0 Å². The van der Waals surface area contributed by atoms with E-state index in [4.69, 9.17) is 4.74 Å². The molecular formula is C22H20FN3O3. The third-order valence-corrected chi connectivity index (χ3v) is 4.07. The summed E-state index contributed by atoms with van der Waals surface area (Å²) in [6.45, 7) is 2.29. The molecule has 0 aliphatic heterocycles. The SMILES string of the molecule is CCOC(=O)c1ccccc1Nc1cc(C(=O)NCc2ccc(F)cc2)ccn1. The van der Waals surface area contributed by atoms with Gasteiger partial charge in [0, 0.05) is 18.3 Å². The van der Waals surface area contributed by atoms with Gasteiger partial charge in [-0.15, -0.1) is 0 Å². The summed E-state index contributed by atoms with van der Waals surface area (Å²) in [6.07, 6.45) is 1.50. The van der Waals surface area contributed by atoms with Crippen LogP contribution in [0.1, 0.15) is 33.2 Å². The van der Waals surface area contributed by atoms with Gasteiger partial charge in [0.05, 0.1) is 17.9 Å². The molecule has 148 valence electrons. The predicted octanol–water partition coefficient (Wildman–Crippen LogP) is 4.07. The second kappa shape index (κ2) is 9.45. The van der Waals surface area contributed by atoms with Crippen molar-refractivity contribution >= 4 is 23.4 Å². The van der Waals surface area contributed by atoms with Gasteiger partial charge in [0.2, 0.25) is 0 Å². The molecule has 0 fully saturated rings. The topological polar surface area (TPSA) is 80.3 Å². The van der Waals surface area contributed by atoms with E-state index in [0.29, 0.717) is 22.6 Å². The predicted molar refractivity (Wildman–Crippen MR) is 107 cm³/mol. The average molecular weight is 393 g/mol. The van der Waals surface area contributed by atoms with Gasteiger partial charge in [-0.1, -0.05) is 24.3 Å². The van der Waals surface area contributed by atoms with Crippen molar-refractivity contribution in [3.8, 4) is 0 Å². The first-order valence-corrected chi connectivity index (χ1v) is 9.08. The van der Waals surface area contributed by atoms with Gasteiger partial charge in [-0.3, -0.25) is 4.79 Å². The molecule has 1 aromatic heterocycles. The van der Waals surface area contributed by atoms with E-state index < -0.39 is 5.97 Å². The molecule has 0 atom stereocenters. The number of nitrogens with one attached hydrogen (secondary N) is 2. The molecule has 3 rings (SSSR count). The summed E-state index contributed by atoms with van der Waals surface area (Å²) in [7, 11) is 0. The second-order valence-corrected chi connectivity index (χ2v) is 6.13. The summed E-state index contributed by atoms with van der Waals surface area (Å²) in [4.78, 5) is 28.7. The summed E-state index contributed by atoms with van der Waals surface area (Å²) in [5.41, 5.74) is 2.10. The van der Waals surface area contributed by atoms with Gasteiger partial charge in [-0.2, -0.15) is 0 Å². The maximum absolute atomic E-state index is 13.0. The summed E-state index contributed by atoms with van der Waals surface area (Å²) >= 11 is 0. The maximum Gasteiger partial charge on any atom is 0.340 e. The monoisotopic (exact) mass is 393 g/mol. The van der Waals surface area contributed by atoms with Crippen LogP contribution in [0.5, 0.6) is 0 Å². The highest BCUT2D eigenvalue weighted by Crippen LogP contribution is 2.21. The number of aromatic nitrogens is 1. The molecule has 1 amide bonds. The number of carbonyl (C=O) groups excluding carboxylic acids is 2. The maximum atomic E-state index is 13.0. The molecule has 0 spiro atoms. The van der Waals surface area contributed by atoms with Crippen LogP contribution >= 0.6 is 0 Å². The Kier molecular flexibility index (Phi) is 6.52. The van der Waals surface area contributed by atoms with Gasteiger partial charge in [0.1, 0.15) is 11.6 Å². The highest BCUT2D eigenvalue weighted by Gasteiger charge is 2.13. The van der Waals surface area contributed by atoms with E-state index in [-0.39, 0.29) is 24.9 Å². The van der Waals surface area contributed by atoms with Crippen molar-refractivity contribution in [1.82, 2.24) is 10.3 Å². The van der Waals surface area contributed by atoms with Crippen LogP contribution in [-0.2, 0) is 11.3 Å². The van der Waals surface area contributed by atoms with Crippen molar-refractivity contribution in [2.45, 2.75) is 13.5 Å². The Morgan fingerprint density at radius 1 is 1.07 bits per heavy atom. The molecule has 6 nitrogen and oxygen atoms in total. The number of esters is 1. The molecular weight excluding hydrogens is 373 g/mol. The van der Waals surface area contributed by atoms with E-state index in [0.717, 1.165) is 5.56 Å². The lowest BCUT2D eigenvalue weighted by Gasteiger charge is -2.11. The second-order valence-electron chi connectivity index (χ2n) is 6.13. The van der Waals surface area contributed by atoms with E-state index in [1.54, 1.807) is 55.5 Å². The Hall–Kier alpha value is -3.74. The fourth-order valence-electron chi connectivity index (χ4n) is 2.64. The van der Waals surface area contributed by atoms with Crippen molar-refractivity contribution in [2.75, 3.05) is 11.9 Å². The molecule has 0 saturated heterocycles. The Balaban J connectivity index is 1.70. The van der Waals surface area contributed by atoms with Gasteiger partial charge >= 0.3 is 5.97 Å². The Morgan fingerprint density at radius 3 is 2.59 bits per heavy atom. The molecule has 29 heavy (non-hydrogen) atoms. The zero-order valence-electron chi connectivity index (χ0n) is 15.8. The third-order valence-electron chi connectivity index (χ3n) is 4.07. The van der Waals surface area contributed by atoms with Gasteiger partial charge in [0.25, 0.3) is 5.91 Å². The fourth-order valence-corrected chi connectivity index (χ4v) is 2.64. The number of pyridine rings is 1. The van der Waals surface area contributed by atoms with Crippen LogP contribution in [-0.4, -0.2) is 23.5 Å². The van der Waals surface area contributed by atoms with Crippen LogP contribution in [0.4, 0.5) is 15.9 Å². The van der Waals surface area contributed by atoms with Crippen molar-refractivity contribution in [2.24, 2.45) is 0 Å². The zero-order chi connectivity index (χ0) is 20.6. The number of carbonyl (C=O) groups is 2. The van der Waals surface area contributed by atoms with Crippen LogP contribution < -0.4 is 10.6 Å². The zero-order valence-corrected chi connectivity index (χ0v) is 15.8. The molecule has 0 bridgehead atoms.